The van der Waals surface area contributed by atoms with Crippen LogP contribution in [0.3, 0.4) is 0 Å². The maximum atomic E-state index is 9.35. The summed E-state index contributed by atoms with van der Waals surface area (Å²) in [7, 11) is 0. The lowest BCUT2D eigenvalue weighted by Crippen LogP contribution is -2.42. The van der Waals surface area contributed by atoms with Gasteiger partial charge in [0.05, 0.1) is 6.61 Å². The number of pyridine rings is 1. The van der Waals surface area contributed by atoms with E-state index in [1.54, 1.807) is 6.20 Å². The molecule has 0 bridgehead atoms. The van der Waals surface area contributed by atoms with E-state index in [1.807, 2.05) is 12.1 Å². The van der Waals surface area contributed by atoms with Gasteiger partial charge in [-0.2, -0.15) is 0 Å². The Hall–Kier alpha value is -1.13. The van der Waals surface area contributed by atoms with E-state index in [-0.39, 0.29) is 13.2 Å². The molecule has 0 aromatic carbocycles. The summed E-state index contributed by atoms with van der Waals surface area (Å²) in [5, 5.41) is 18.3. The molecule has 1 aromatic heterocycles. The van der Waals surface area contributed by atoms with E-state index in [2.05, 4.69) is 9.88 Å². The SMILES string of the molecule is OCCCN(c1ncccc1CO)C1CCC1. The average molecular weight is 236 g/mol. The molecule has 1 aliphatic carbocycles. The predicted octanol–water partition coefficient (Wildman–Crippen LogP) is 1.32. The number of aromatic nitrogens is 1. The zero-order chi connectivity index (χ0) is 12.1. The van der Waals surface area contributed by atoms with Gasteiger partial charge in [0.2, 0.25) is 0 Å². The highest BCUT2D eigenvalue weighted by molar-refractivity contribution is 5.47. The van der Waals surface area contributed by atoms with Crippen LogP contribution in [-0.2, 0) is 6.61 Å². The van der Waals surface area contributed by atoms with Gasteiger partial charge in [0.1, 0.15) is 5.82 Å². The Morgan fingerprint density at radius 3 is 2.76 bits per heavy atom. The molecule has 1 aromatic rings. The molecule has 94 valence electrons. The Morgan fingerprint density at radius 2 is 2.18 bits per heavy atom. The molecule has 2 N–H and O–H groups in total. The summed E-state index contributed by atoms with van der Waals surface area (Å²) in [5.74, 6) is 0.883. The third-order valence-corrected chi connectivity index (χ3v) is 3.38. The Bertz CT molecular complexity index is 353. The van der Waals surface area contributed by atoms with E-state index in [0.717, 1.165) is 24.3 Å². The van der Waals surface area contributed by atoms with Crippen LogP contribution in [0.2, 0.25) is 0 Å². The maximum absolute atomic E-state index is 9.35. The first-order valence-electron chi connectivity index (χ1n) is 6.29. The molecule has 1 heterocycles. The van der Waals surface area contributed by atoms with Crippen molar-refractivity contribution in [3.05, 3.63) is 23.9 Å². The fourth-order valence-corrected chi connectivity index (χ4v) is 2.21. The number of aliphatic hydroxyl groups excluding tert-OH is 2. The molecule has 1 saturated carbocycles. The van der Waals surface area contributed by atoms with E-state index in [0.29, 0.717) is 6.04 Å². The van der Waals surface area contributed by atoms with Crippen molar-refractivity contribution in [1.82, 2.24) is 4.98 Å². The van der Waals surface area contributed by atoms with Crippen LogP contribution < -0.4 is 4.90 Å². The topological polar surface area (TPSA) is 56.6 Å². The van der Waals surface area contributed by atoms with Gasteiger partial charge in [-0.3, -0.25) is 0 Å². The first-order chi connectivity index (χ1) is 8.36. The zero-order valence-electron chi connectivity index (χ0n) is 10.0. The summed E-state index contributed by atoms with van der Waals surface area (Å²) in [6, 6.07) is 4.29. The zero-order valence-corrected chi connectivity index (χ0v) is 10.0. The average Bonchev–Trinajstić information content (AvgIpc) is 2.32. The Kier molecular flexibility index (Phi) is 4.34. The standard InChI is InChI=1S/C13H20N2O2/c16-9-3-8-15(12-5-1-6-12)13-11(10-17)4-2-7-14-13/h2,4,7,12,16-17H,1,3,5-6,8-10H2. The number of hydrogen-bond acceptors (Lipinski definition) is 4. The van der Waals surface area contributed by atoms with Gasteiger partial charge in [0, 0.05) is 31.0 Å². The van der Waals surface area contributed by atoms with Gasteiger partial charge in [-0.25, -0.2) is 4.98 Å². The highest BCUT2D eigenvalue weighted by Crippen LogP contribution is 2.30. The molecular weight excluding hydrogens is 216 g/mol. The van der Waals surface area contributed by atoms with Gasteiger partial charge in [0.25, 0.3) is 0 Å². The third-order valence-electron chi connectivity index (χ3n) is 3.38. The van der Waals surface area contributed by atoms with E-state index in [4.69, 9.17) is 5.11 Å². The van der Waals surface area contributed by atoms with Crippen LogP contribution in [0.1, 0.15) is 31.2 Å². The van der Waals surface area contributed by atoms with Crippen molar-refractivity contribution < 1.29 is 10.2 Å². The molecule has 0 aliphatic heterocycles. The van der Waals surface area contributed by atoms with Gasteiger partial charge in [-0.1, -0.05) is 6.07 Å². The normalized spacial score (nSPS) is 15.6. The van der Waals surface area contributed by atoms with Crippen LogP contribution in [-0.4, -0.2) is 34.4 Å². The summed E-state index contributed by atoms with van der Waals surface area (Å²) in [6.07, 6.45) is 6.15. The van der Waals surface area contributed by atoms with Gasteiger partial charge in [0.15, 0.2) is 0 Å². The summed E-state index contributed by atoms with van der Waals surface area (Å²) < 4.78 is 0. The summed E-state index contributed by atoms with van der Waals surface area (Å²) in [5.41, 5.74) is 0.873. The van der Waals surface area contributed by atoms with Gasteiger partial charge < -0.3 is 15.1 Å². The second-order valence-corrected chi connectivity index (χ2v) is 4.50. The molecule has 0 saturated heterocycles. The Labute approximate surface area is 102 Å². The van der Waals surface area contributed by atoms with Crippen LogP contribution in [0.4, 0.5) is 5.82 Å². The van der Waals surface area contributed by atoms with Gasteiger partial charge in [-0.05, 0) is 31.7 Å². The van der Waals surface area contributed by atoms with E-state index >= 15 is 0 Å². The van der Waals surface area contributed by atoms with E-state index < -0.39 is 0 Å². The van der Waals surface area contributed by atoms with Crippen molar-refractivity contribution in [2.45, 2.75) is 38.3 Å². The largest absolute Gasteiger partial charge is 0.396 e. The van der Waals surface area contributed by atoms with Crippen LogP contribution in [0.15, 0.2) is 18.3 Å². The minimum atomic E-state index is 0.0194. The molecule has 0 amide bonds. The highest BCUT2D eigenvalue weighted by atomic mass is 16.3. The molecule has 4 heteroatoms. The molecule has 1 fully saturated rings. The third kappa shape index (κ3) is 2.76. The van der Waals surface area contributed by atoms with E-state index in [9.17, 15) is 5.11 Å². The van der Waals surface area contributed by atoms with Crippen LogP contribution in [0.25, 0.3) is 0 Å². The predicted molar refractivity (Wildman–Crippen MR) is 66.8 cm³/mol. The van der Waals surface area contributed by atoms with Crippen molar-refractivity contribution in [2.75, 3.05) is 18.1 Å². The molecule has 0 radical (unpaired) electrons. The minimum absolute atomic E-state index is 0.0194. The highest BCUT2D eigenvalue weighted by Gasteiger charge is 2.26. The van der Waals surface area contributed by atoms with Crippen molar-refractivity contribution in [3.63, 3.8) is 0 Å². The number of hydrogen-bond donors (Lipinski definition) is 2. The lowest BCUT2D eigenvalue weighted by molar-refractivity contribution is 0.276. The molecule has 0 atom stereocenters. The van der Waals surface area contributed by atoms with Crippen molar-refractivity contribution in [1.29, 1.82) is 0 Å². The van der Waals surface area contributed by atoms with E-state index in [1.165, 1.54) is 19.3 Å². The molecule has 2 rings (SSSR count). The van der Waals surface area contributed by atoms with Crippen molar-refractivity contribution in [2.24, 2.45) is 0 Å². The quantitative estimate of drug-likeness (QED) is 0.782. The lowest BCUT2D eigenvalue weighted by Gasteiger charge is -2.39. The fraction of sp³-hybridized carbons (Fsp3) is 0.615. The summed E-state index contributed by atoms with van der Waals surface area (Å²) >= 11 is 0. The monoisotopic (exact) mass is 236 g/mol. The van der Waals surface area contributed by atoms with Crippen LogP contribution in [0.5, 0.6) is 0 Å². The summed E-state index contributed by atoms with van der Waals surface area (Å²) in [4.78, 5) is 6.63. The van der Waals surface area contributed by atoms with Crippen molar-refractivity contribution in [3.8, 4) is 0 Å². The Balaban J connectivity index is 2.17. The number of rotatable bonds is 6. The molecule has 17 heavy (non-hydrogen) atoms. The summed E-state index contributed by atoms with van der Waals surface area (Å²) in [6.45, 7) is 1.03. The number of anilines is 1. The first-order valence-corrected chi connectivity index (χ1v) is 6.29. The van der Waals surface area contributed by atoms with Crippen LogP contribution in [0, 0.1) is 0 Å². The molecule has 1 aliphatic rings. The number of nitrogens with zero attached hydrogens (tertiary/aromatic N) is 2. The van der Waals surface area contributed by atoms with Gasteiger partial charge >= 0.3 is 0 Å². The maximum Gasteiger partial charge on any atom is 0.134 e. The van der Waals surface area contributed by atoms with Crippen LogP contribution >= 0.6 is 0 Å². The van der Waals surface area contributed by atoms with Crippen molar-refractivity contribution >= 4 is 5.82 Å². The smallest absolute Gasteiger partial charge is 0.134 e. The Morgan fingerprint density at radius 1 is 1.35 bits per heavy atom. The first kappa shape index (κ1) is 12.3. The minimum Gasteiger partial charge on any atom is -0.396 e. The lowest BCUT2D eigenvalue weighted by atomic mass is 9.91. The number of aliphatic hydroxyl groups is 2. The van der Waals surface area contributed by atoms with Gasteiger partial charge in [-0.15, -0.1) is 0 Å². The molecule has 4 nitrogen and oxygen atoms in total. The molecule has 0 spiro atoms. The molecule has 0 unspecified atom stereocenters. The second-order valence-electron chi connectivity index (χ2n) is 4.50. The molecular formula is C13H20N2O2. The fourth-order valence-electron chi connectivity index (χ4n) is 2.21. The second kappa shape index (κ2) is 5.98.